The van der Waals surface area contributed by atoms with Crippen molar-refractivity contribution in [3.05, 3.63) is 47.5 Å². The summed E-state index contributed by atoms with van der Waals surface area (Å²) in [6.07, 6.45) is 0.969. The van der Waals surface area contributed by atoms with Crippen molar-refractivity contribution in [2.24, 2.45) is 0 Å². The van der Waals surface area contributed by atoms with Crippen LogP contribution in [0.3, 0.4) is 0 Å². The maximum atomic E-state index is 5.97. The highest BCUT2D eigenvalue weighted by molar-refractivity contribution is 5.69. The zero-order chi connectivity index (χ0) is 15.4. The van der Waals surface area contributed by atoms with Gasteiger partial charge in [-0.3, -0.25) is 0 Å². The van der Waals surface area contributed by atoms with Crippen molar-refractivity contribution in [1.82, 2.24) is 0 Å². The van der Waals surface area contributed by atoms with Gasteiger partial charge in [0, 0.05) is 24.5 Å². The maximum absolute atomic E-state index is 5.97. The number of ether oxygens (including phenoxy) is 1. The number of nitrogens with zero attached hydrogens (tertiary/aromatic N) is 1. The molecule has 0 atom stereocenters. The molecule has 0 amide bonds. The second-order valence-corrected chi connectivity index (χ2v) is 5.48. The molecule has 0 unspecified atom stereocenters. The third kappa shape index (κ3) is 3.69. The molecule has 3 nitrogen and oxygen atoms in total. The monoisotopic (exact) mass is 284 g/mol. The highest BCUT2D eigenvalue weighted by Gasteiger charge is 2.08. The van der Waals surface area contributed by atoms with Gasteiger partial charge >= 0.3 is 0 Å². The van der Waals surface area contributed by atoms with Crippen LogP contribution in [-0.2, 0) is 0 Å². The second-order valence-electron chi connectivity index (χ2n) is 5.48. The van der Waals surface area contributed by atoms with Crippen LogP contribution in [0.15, 0.2) is 36.4 Å². The molecule has 3 heteroatoms. The summed E-state index contributed by atoms with van der Waals surface area (Å²) in [6, 6.07) is 12.5. The summed E-state index contributed by atoms with van der Waals surface area (Å²) >= 11 is 0. The Labute approximate surface area is 127 Å². The van der Waals surface area contributed by atoms with Crippen molar-refractivity contribution in [2.75, 3.05) is 24.3 Å². The van der Waals surface area contributed by atoms with Crippen molar-refractivity contribution in [3.63, 3.8) is 0 Å². The summed E-state index contributed by atoms with van der Waals surface area (Å²) in [5.74, 6) is 0.755. The van der Waals surface area contributed by atoms with Crippen molar-refractivity contribution in [2.45, 2.75) is 27.2 Å². The Balaban J connectivity index is 2.32. The van der Waals surface area contributed by atoms with Gasteiger partial charge in [-0.25, -0.2) is 0 Å². The maximum Gasteiger partial charge on any atom is 0.144 e. The number of hydrogen-bond donors (Lipinski definition) is 1. The zero-order valence-corrected chi connectivity index (χ0v) is 13.3. The van der Waals surface area contributed by atoms with Crippen molar-refractivity contribution >= 4 is 17.1 Å². The molecule has 0 aliphatic heterocycles. The molecule has 0 heterocycles. The molecule has 0 aromatic heterocycles. The lowest BCUT2D eigenvalue weighted by molar-refractivity contribution is 0.319. The molecule has 0 fully saturated rings. The van der Waals surface area contributed by atoms with Gasteiger partial charge in [0.1, 0.15) is 5.75 Å². The molecule has 0 bridgehead atoms. The van der Waals surface area contributed by atoms with Crippen LogP contribution in [0, 0.1) is 13.8 Å². The van der Waals surface area contributed by atoms with Crippen molar-refractivity contribution in [3.8, 4) is 5.75 Å². The van der Waals surface area contributed by atoms with E-state index in [0.717, 1.165) is 17.9 Å². The molecule has 0 aliphatic carbocycles. The number of benzene rings is 2. The number of nitrogens with two attached hydrogens (primary N) is 1. The standard InChI is InChI=1S/C18H24N2O/c1-5-8-21-18-12-15(6-7-17(18)19)20(4)16-10-13(2)9-14(3)11-16/h6-7,9-12H,5,8,19H2,1-4H3. The lowest BCUT2D eigenvalue weighted by Crippen LogP contribution is -2.10. The van der Waals surface area contributed by atoms with Gasteiger partial charge in [0.2, 0.25) is 0 Å². The summed E-state index contributed by atoms with van der Waals surface area (Å²) in [7, 11) is 2.06. The van der Waals surface area contributed by atoms with E-state index in [0.29, 0.717) is 12.3 Å². The van der Waals surface area contributed by atoms with Crippen LogP contribution < -0.4 is 15.4 Å². The molecule has 2 aromatic carbocycles. The first-order chi connectivity index (χ1) is 10.0. The molecule has 2 rings (SSSR count). The smallest absolute Gasteiger partial charge is 0.144 e. The highest BCUT2D eigenvalue weighted by Crippen LogP contribution is 2.31. The van der Waals surface area contributed by atoms with Crippen LogP contribution in [0.4, 0.5) is 17.1 Å². The quantitative estimate of drug-likeness (QED) is 0.825. The molecule has 0 spiro atoms. The first-order valence-electron chi connectivity index (χ1n) is 7.35. The van der Waals surface area contributed by atoms with Gasteiger partial charge in [0.25, 0.3) is 0 Å². The van der Waals surface area contributed by atoms with Gasteiger partial charge in [0.05, 0.1) is 12.3 Å². The molecule has 2 aromatic rings. The predicted molar refractivity (Wildman–Crippen MR) is 90.6 cm³/mol. The van der Waals surface area contributed by atoms with Gasteiger partial charge < -0.3 is 15.4 Å². The molecule has 112 valence electrons. The van der Waals surface area contributed by atoms with E-state index in [9.17, 15) is 0 Å². The minimum atomic E-state index is 0.681. The van der Waals surface area contributed by atoms with E-state index in [4.69, 9.17) is 10.5 Å². The minimum absolute atomic E-state index is 0.681. The first kappa shape index (κ1) is 15.2. The van der Waals surface area contributed by atoms with Crippen LogP contribution >= 0.6 is 0 Å². The summed E-state index contributed by atoms with van der Waals surface area (Å²) in [5.41, 5.74) is 11.4. The van der Waals surface area contributed by atoms with E-state index >= 15 is 0 Å². The average molecular weight is 284 g/mol. The fourth-order valence-corrected chi connectivity index (χ4v) is 2.36. The van der Waals surface area contributed by atoms with Crippen LogP contribution in [0.1, 0.15) is 24.5 Å². The van der Waals surface area contributed by atoms with Gasteiger partial charge in [-0.2, -0.15) is 0 Å². The third-order valence-electron chi connectivity index (χ3n) is 3.44. The third-order valence-corrected chi connectivity index (χ3v) is 3.44. The van der Waals surface area contributed by atoms with E-state index in [1.807, 2.05) is 18.2 Å². The van der Waals surface area contributed by atoms with Crippen LogP contribution in [0.2, 0.25) is 0 Å². The Bertz CT molecular complexity index is 602. The topological polar surface area (TPSA) is 38.5 Å². The van der Waals surface area contributed by atoms with Gasteiger partial charge in [-0.15, -0.1) is 0 Å². The fourth-order valence-electron chi connectivity index (χ4n) is 2.36. The Kier molecular flexibility index (Phi) is 4.73. The normalized spacial score (nSPS) is 10.5. The number of rotatable bonds is 5. The number of anilines is 3. The van der Waals surface area contributed by atoms with Crippen LogP contribution in [-0.4, -0.2) is 13.7 Å². The predicted octanol–water partition coefficient (Wildman–Crippen LogP) is 4.44. The Morgan fingerprint density at radius 1 is 1.00 bits per heavy atom. The van der Waals surface area contributed by atoms with Gasteiger partial charge in [0.15, 0.2) is 0 Å². The number of nitrogen functional groups attached to an aromatic ring is 1. The van der Waals surface area contributed by atoms with Gasteiger partial charge in [-0.05, 0) is 55.7 Å². The molecule has 0 radical (unpaired) electrons. The molecular formula is C18H24N2O. The lowest BCUT2D eigenvalue weighted by atomic mass is 10.1. The zero-order valence-electron chi connectivity index (χ0n) is 13.3. The van der Waals surface area contributed by atoms with Crippen LogP contribution in [0.25, 0.3) is 0 Å². The fraction of sp³-hybridized carbons (Fsp3) is 0.333. The van der Waals surface area contributed by atoms with Crippen molar-refractivity contribution in [1.29, 1.82) is 0 Å². The number of hydrogen-bond acceptors (Lipinski definition) is 3. The molecule has 0 saturated heterocycles. The second kappa shape index (κ2) is 6.53. The van der Waals surface area contributed by atoms with Gasteiger partial charge in [-0.1, -0.05) is 13.0 Å². The summed E-state index contributed by atoms with van der Waals surface area (Å²) in [6.45, 7) is 6.99. The summed E-state index contributed by atoms with van der Waals surface area (Å²) < 4.78 is 5.71. The SMILES string of the molecule is CCCOc1cc(N(C)c2cc(C)cc(C)c2)ccc1N. The average Bonchev–Trinajstić information content (AvgIpc) is 2.44. The van der Waals surface area contributed by atoms with E-state index in [2.05, 4.69) is 50.9 Å². The number of aryl methyl sites for hydroxylation is 2. The minimum Gasteiger partial charge on any atom is -0.491 e. The molecule has 21 heavy (non-hydrogen) atoms. The van der Waals surface area contributed by atoms with E-state index in [1.54, 1.807) is 0 Å². The molecule has 2 N–H and O–H groups in total. The van der Waals surface area contributed by atoms with Crippen molar-refractivity contribution < 1.29 is 4.74 Å². The first-order valence-corrected chi connectivity index (χ1v) is 7.35. The molecule has 0 saturated carbocycles. The summed E-state index contributed by atoms with van der Waals surface area (Å²) in [4.78, 5) is 2.15. The van der Waals surface area contributed by atoms with Crippen LogP contribution in [0.5, 0.6) is 5.75 Å². The Morgan fingerprint density at radius 3 is 2.29 bits per heavy atom. The molecular weight excluding hydrogens is 260 g/mol. The lowest BCUT2D eigenvalue weighted by Gasteiger charge is -2.22. The molecule has 0 aliphatic rings. The Morgan fingerprint density at radius 2 is 1.67 bits per heavy atom. The Hall–Kier alpha value is -2.16. The van der Waals surface area contributed by atoms with E-state index in [-0.39, 0.29) is 0 Å². The largest absolute Gasteiger partial charge is 0.491 e. The highest BCUT2D eigenvalue weighted by atomic mass is 16.5. The van der Waals surface area contributed by atoms with E-state index < -0.39 is 0 Å². The van der Waals surface area contributed by atoms with E-state index in [1.165, 1.54) is 16.8 Å². The summed E-state index contributed by atoms with van der Waals surface area (Å²) in [5, 5.41) is 0.